The minimum Gasteiger partial charge on any atom is -0.368 e. The van der Waals surface area contributed by atoms with Crippen LogP contribution in [0.15, 0.2) is 12.3 Å². The van der Waals surface area contributed by atoms with Crippen molar-refractivity contribution in [1.29, 1.82) is 5.26 Å². The highest BCUT2D eigenvalue weighted by Crippen LogP contribution is 2.17. The van der Waals surface area contributed by atoms with Crippen molar-refractivity contribution in [2.75, 3.05) is 31.7 Å². The summed E-state index contributed by atoms with van der Waals surface area (Å²) in [7, 11) is -0.524. The average Bonchev–Trinajstić information content (AvgIpc) is 2.38. The second-order valence-corrected chi connectivity index (χ2v) is 6.29. The van der Waals surface area contributed by atoms with E-state index in [1.807, 2.05) is 0 Å². The first-order valence-electron chi connectivity index (χ1n) is 5.46. The van der Waals surface area contributed by atoms with Gasteiger partial charge in [0.1, 0.15) is 23.6 Å². The summed E-state index contributed by atoms with van der Waals surface area (Å²) >= 11 is 0. The zero-order chi connectivity index (χ0) is 15.3. The highest BCUT2D eigenvalue weighted by Gasteiger charge is 2.15. The Hall–Kier alpha value is -2.25. The maximum absolute atomic E-state index is 11.5. The Balaban J connectivity index is 2.80. The van der Waals surface area contributed by atoms with E-state index in [0.717, 1.165) is 16.6 Å². The van der Waals surface area contributed by atoms with Gasteiger partial charge in [0.05, 0.1) is 10.7 Å². The van der Waals surface area contributed by atoms with E-state index >= 15 is 0 Å². The number of nitrogens with zero attached hydrogens (tertiary/aromatic N) is 4. The normalized spacial score (nSPS) is 11.1. The molecule has 1 aromatic rings. The van der Waals surface area contributed by atoms with Crippen LogP contribution in [-0.2, 0) is 10.0 Å². The van der Waals surface area contributed by atoms with Gasteiger partial charge in [-0.3, -0.25) is 10.1 Å². The minimum atomic E-state index is -3.36. The summed E-state index contributed by atoms with van der Waals surface area (Å²) in [5.41, 5.74) is -0.311. The van der Waals surface area contributed by atoms with Crippen molar-refractivity contribution in [3.8, 4) is 6.07 Å². The molecular formula is C10H13N5O4S. The van der Waals surface area contributed by atoms with Gasteiger partial charge >= 0.3 is 0 Å². The van der Waals surface area contributed by atoms with Gasteiger partial charge in [-0.2, -0.15) is 5.26 Å². The number of aromatic nitrogens is 1. The molecule has 1 heterocycles. The van der Waals surface area contributed by atoms with Crippen LogP contribution in [0.25, 0.3) is 0 Å². The molecule has 9 nitrogen and oxygen atoms in total. The summed E-state index contributed by atoms with van der Waals surface area (Å²) in [5.74, 6) is -0.0594. The molecule has 1 aromatic heterocycles. The summed E-state index contributed by atoms with van der Waals surface area (Å²) in [6.07, 6.45) is 1.00. The molecule has 0 radical (unpaired) electrons. The van der Waals surface area contributed by atoms with Crippen LogP contribution in [0.4, 0.5) is 11.5 Å². The molecule has 0 fully saturated rings. The summed E-state index contributed by atoms with van der Waals surface area (Å²) in [6.45, 7) is 0.0417. The van der Waals surface area contributed by atoms with Crippen LogP contribution in [0.2, 0.25) is 0 Å². The molecule has 0 saturated carbocycles. The molecule has 0 aliphatic rings. The Bertz CT molecular complexity index is 650. The van der Waals surface area contributed by atoms with Crippen molar-refractivity contribution in [1.82, 2.24) is 9.29 Å². The molecule has 0 spiro atoms. The molecule has 0 unspecified atom stereocenters. The van der Waals surface area contributed by atoms with E-state index in [1.165, 1.54) is 14.1 Å². The molecule has 0 amide bonds. The fourth-order valence-corrected chi connectivity index (χ4v) is 1.99. The second-order valence-electron chi connectivity index (χ2n) is 3.98. The van der Waals surface area contributed by atoms with E-state index in [9.17, 15) is 18.5 Å². The first-order chi connectivity index (χ1) is 9.27. The molecule has 1 rings (SSSR count). The summed E-state index contributed by atoms with van der Waals surface area (Å²) < 4.78 is 24.1. The topological polar surface area (TPSA) is 129 Å². The molecule has 10 heteroatoms. The van der Waals surface area contributed by atoms with Crippen molar-refractivity contribution in [2.45, 2.75) is 0 Å². The van der Waals surface area contributed by atoms with Gasteiger partial charge in [0, 0.05) is 26.7 Å². The third-order valence-electron chi connectivity index (χ3n) is 2.41. The molecule has 0 saturated heterocycles. The van der Waals surface area contributed by atoms with E-state index in [1.54, 1.807) is 6.07 Å². The van der Waals surface area contributed by atoms with Gasteiger partial charge in [0.15, 0.2) is 0 Å². The molecule has 108 valence electrons. The number of hydrogen-bond donors (Lipinski definition) is 1. The highest BCUT2D eigenvalue weighted by molar-refractivity contribution is 7.89. The predicted molar refractivity (Wildman–Crippen MR) is 71.6 cm³/mol. The Kier molecular flexibility index (Phi) is 4.95. The van der Waals surface area contributed by atoms with Gasteiger partial charge in [-0.15, -0.1) is 0 Å². The molecule has 1 N–H and O–H groups in total. The summed E-state index contributed by atoms with van der Waals surface area (Å²) in [4.78, 5) is 13.6. The summed E-state index contributed by atoms with van der Waals surface area (Å²) in [5, 5.41) is 22.1. The molecule has 0 aliphatic carbocycles. The Morgan fingerprint density at radius 3 is 2.70 bits per heavy atom. The smallest absolute Gasteiger partial charge is 0.289 e. The van der Waals surface area contributed by atoms with Gasteiger partial charge in [0.25, 0.3) is 5.69 Å². The van der Waals surface area contributed by atoms with Gasteiger partial charge in [-0.25, -0.2) is 17.7 Å². The lowest BCUT2D eigenvalue weighted by Crippen LogP contribution is -2.28. The fraction of sp³-hybridized carbons (Fsp3) is 0.400. The van der Waals surface area contributed by atoms with Crippen LogP contribution in [0.1, 0.15) is 5.56 Å². The molecule has 20 heavy (non-hydrogen) atoms. The maximum atomic E-state index is 11.5. The van der Waals surface area contributed by atoms with Crippen molar-refractivity contribution >= 4 is 21.5 Å². The summed E-state index contributed by atoms with van der Waals surface area (Å²) in [6, 6.07) is 2.85. The van der Waals surface area contributed by atoms with E-state index in [0.29, 0.717) is 0 Å². The lowest BCUT2D eigenvalue weighted by Gasteiger charge is -2.12. The second kappa shape index (κ2) is 6.27. The minimum absolute atomic E-state index is 0.0125. The number of nitriles is 1. The molecule has 0 aromatic carbocycles. The zero-order valence-electron chi connectivity index (χ0n) is 10.9. The molecule has 0 atom stereocenters. The lowest BCUT2D eigenvalue weighted by atomic mass is 10.2. The van der Waals surface area contributed by atoms with Crippen molar-refractivity contribution in [2.24, 2.45) is 0 Å². The first kappa shape index (κ1) is 15.8. The monoisotopic (exact) mass is 299 g/mol. The van der Waals surface area contributed by atoms with Crippen molar-refractivity contribution in [3.63, 3.8) is 0 Å². The van der Waals surface area contributed by atoms with E-state index in [-0.39, 0.29) is 29.4 Å². The number of nitro groups is 1. The van der Waals surface area contributed by atoms with Crippen LogP contribution in [0.5, 0.6) is 0 Å². The third kappa shape index (κ3) is 3.87. The number of anilines is 1. The lowest BCUT2D eigenvalue weighted by molar-refractivity contribution is -0.385. The number of rotatable bonds is 6. The number of sulfonamides is 1. The maximum Gasteiger partial charge on any atom is 0.289 e. The van der Waals surface area contributed by atoms with E-state index in [4.69, 9.17) is 5.26 Å². The van der Waals surface area contributed by atoms with Crippen LogP contribution in [0, 0.1) is 21.4 Å². The van der Waals surface area contributed by atoms with Gasteiger partial charge in [-0.1, -0.05) is 0 Å². The first-order valence-corrected chi connectivity index (χ1v) is 7.07. The van der Waals surface area contributed by atoms with Crippen LogP contribution < -0.4 is 5.32 Å². The van der Waals surface area contributed by atoms with E-state index < -0.39 is 14.9 Å². The average molecular weight is 299 g/mol. The standard InChI is InChI=1S/C10H13N5O4S/c1-14(2)20(18,19)4-3-12-10-8(6-11)5-9(7-13-10)15(16)17/h5,7H,3-4H2,1-2H3,(H,12,13). The van der Waals surface area contributed by atoms with Crippen LogP contribution in [0.3, 0.4) is 0 Å². The highest BCUT2D eigenvalue weighted by atomic mass is 32.2. The predicted octanol–water partition coefficient (Wildman–Crippen LogP) is 0.165. The SMILES string of the molecule is CN(C)S(=O)(=O)CCNc1ncc([N+](=O)[O-])cc1C#N. The number of pyridine rings is 1. The largest absolute Gasteiger partial charge is 0.368 e. The molecule has 0 bridgehead atoms. The third-order valence-corrected chi connectivity index (χ3v) is 4.25. The Morgan fingerprint density at radius 2 is 2.20 bits per heavy atom. The Morgan fingerprint density at radius 1 is 1.55 bits per heavy atom. The van der Waals surface area contributed by atoms with Gasteiger partial charge in [-0.05, 0) is 0 Å². The number of nitrogens with one attached hydrogen (secondary N) is 1. The van der Waals surface area contributed by atoms with Crippen molar-refractivity contribution < 1.29 is 13.3 Å². The van der Waals surface area contributed by atoms with Crippen LogP contribution in [-0.4, -0.2) is 49.0 Å². The van der Waals surface area contributed by atoms with Crippen LogP contribution >= 0.6 is 0 Å². The van der Waals surface area contributed by atoms with E-state index in [2.05, 4.69) is 10.3 Å². The van der Waals surface area contributed by atoms with Gasteiger partial charge in [0.2, 0.25) is 10.0 Å². The van der Waals surface area contributed by atoms with Gasteiger partial charge < -0.3 is 5.32 Å². The molecular weight excluding hydrogens is 286 g/mol. The Labute approximate surface area is 116 Å². The number of hydrogen-bond acceptors (Lipinski definition) is 7. The van der Waals surface area contributed by atoms with Crippen molar-refractivity contribution in [3.05, 3.63) is 27.9 Å². The fourth-order valence-electron chi connectivity index (χ4n) is 1.26. The quantitative estimate of drug-likeness (QED) is 0.585. The zero-order valence-corrected chi connectivity index (χ0v) is 11.7. The molecule has 0 aliphatic heterocycles.